The van der Waals surface area contributed by atoms with E-state index in [2.05, 4.69) is 15.0 Å². The molecule has 1 atom stereocenters. The summed E-state index contributed by atoms with van der Waals surface area (Å²) in [6.45, 7) is 0.358. The Kier molecular flexibility index (Phi) is 6.98. The highest BCUT2D eigenvalue weighted by Gasteiger charge is 2.31. The molecule has 1 unspecified atom stereocenters. The second-order valence-corrected chi connectivity index (χ2v) is 7.99. The molecular formula is C17H23N5O7P+. The standard InChI is InChI=1S/C17H22N5O7P/c1-27-7-8-29-16-20-14(18)13-15(21-16)22(17(23)19-13)12(9-28-10-30(24,25)26)11-5-3-2-4-6-11/h2-6,12,24-26H,7-10H2,1H3,(H2-,18,19,20,21,23)/p+1. The molecule has 13 heteroatoms. The number of benzene rings is 1. The molecule has 12 nitrogen and oxygen atoms in total. The number of anilines is 1. The van der Waals surface area contributed by atoms with Crippen LogP contribution in [0.5, 0.6) is 6.01 Å². The number of methoxy groups -OCH3 is 1. The van der Waals surface area contributed by atoms with Crippen molar-refractivity contribution in [2.45, 2.75) is 6.04 Å². The van der Waals surface area contributed by atoms with Crippen molar-refractivity contribution < 1.29 is 28.9 Å². The summed E-state index contributed by atoms with van der Waals surface area (Å²) in [5.74, 6) is 0.0296. The second kappa shape index (κ2) is 9.47. The lowest BCUT2D eigenvalue weighted by Crippen LogP contribution is -2.27. The number of imidazole rings is 1. The van der Waals surface area contributed by atoms with E-state index < -0.39 is 26.0 Å². The fourth-order valence-corrected chi connectivity index (χ4v) is 3.20. The van der Waals surface area contributed by atoms with Gasteiger partial charge in [0.25, 0.3) is 0 Å². The lowest BCUT2D eigenvalue weighted by molar-refractivity contribution is 0.127. The SMILES string of the molecule is COCCOc1nc(N)c2[nH]c(=O)n(C(COC[P+](O)(O)O)c3ccccc3)c2n1. The van der Waals surface area contributed by atoms with Crippen molar-refractivity contribution in [3.05, 3.63) is 46.4 Å². The van der Waals surface area contributed by atoms with E-state index >= 15 is 0 Å². The quantitative estimate of drug-likeness (QED) is 0.213. The summed E-state index contributed by atoms with van der Waals surface area (Å²) in [6.07, 6.45) is -0.671. The van der Waals surface area contributed by atoms with Crippen molar-refractivity contribution in [3.63, 3.8) is 0 Å². The Morgan fingerprint density at radius 2 is 1.93 bits per heavy atom. The van der Waals surface area contributed by atoms with Gasteiger partial charge in [0.05, 0.1) is 19.3 Å². The van der Waals surface area contributed by atoms with Gasteiger partial charge in [0.1, 0.15) is 12.1 Å². The van der Waals surface area contributed by atoms with Gasteiger partial charge in [-0.25, -0.2) is 4.79 Å². The molecule has 0 amide bonds. The van der Waals surface area contributed by atoms with Crippen LogP contribution in [0.15, 0.2) is 35.1 Å². The summed E-state index contributed by atoms with van der Waals surface area (Å²) >= 11 is 0. The molecule has 0 aliphatic carbocycles. The molecule has 0 aliphatic heterocycles. The molecule has 30 heavy (non-hydrogen) atoms. The number of hydrogen-bond acceptors (Lipinski definition) is 10. The molecule has 2 aromatic heterocycles. The summed E-state index contributed by atoms with van der Waals surface area (Å²) in [5.41, 5.74) is 6.56. The number of fused-ring (bicyclic) bond motifs is 1. The number of hydrogen-bond donors (Lipinski definition) is 5. The van der Waals surface area contributed by atoms with Crippen LogP contribution in [-0.4, -0.2) is 67.5 Å². The van der Waals surface area contributed by atoms with E-state index in [9.17, 15) is 19.5 Å². The van der Waals surface area contributed by atoms with E-state index in [1.54, 1.807) is 24.3 Å². The Morgan fingerprint density at radius 1 is 1.20 bits per heavy atom. The largest absolute Gasteiger partial charge is 0.461 e. The smallest absolute Gasteiger partial charge is 0.431 e. The van der Waals surface area contributed by atoms with E-state index in [0.29, 0.717) is 12.2 Å². The lowest BCUT2D eigenvalue weighted by Gasteiger charge is -2.19. The third-order valence-electron chi connectivity index (χ3n) is 4.13. The Morgan fingerprint density at radius 3 is 2.60 bits per heavy atom. The number of aromatic amines is 1. The van der Waals surface area contributed by atoms with E-state index in [-0.39, 0.29) is 36.2 Å². The Hall–Kier alpha value is -2.60. The number of rotatable bonds is 10. The molecule has 0 saturated heterocycles. The molecule has 1 aromatic carbocycles. The fourth-order valence-electron chi connectivity index (χ4n) is 2.85. The minimum Gasteiger partial charge on any atom is -0.461 e. The number of ether oxygens (including phenoxy) is 3. The van der Waals surface area contributed by atoms with Gasteiger partial charge in [0.2, 0.25) is 6.35 Å². The highest BCUT2D eigenvalue weighted by molar-refractivity contribution is 7.58. The van der Waals surface area contributed by atoms with Crippen LogP contribution in [0.2, 0.25) is 0 Å². The first kappa shape index (κ1) is 22.1. The average molecular weight is 440 g/mol. The summed E-state index contributed by atoms with van der Waals surface area (Å²) < 4.78 is 17.0. The van der Waals surface area contributed by atoms with Crippen LogP contribution in [0.4, 0.5) is 5.82 Å². The second-order valence-electron chi connectivity index (χ2n) is 6.35. The van der Waals surface area contributed by atoms with Crippen molar-refractivity contribution >= 4 is 24.9 Å². The van der Waals surface area contributed by atoms with Crippen LogP contribution in [0, 0.1) is 0 Å². The van der Waals surface area contributed by atoms with Gasteiger partial charge in [-0.15, -0.1) is 0 Å². The van der Waals surface area contributed by atoms with Crippen LogP contribution >= 0.6 is 7.94 Å². The molecular weight excluding hydrogens is 417 g/mol. The van der Waals surface area contributed by atoms with E-state index in [1.165, 1.54) is 11.7 Å². The van der Waals surface area contributed by atoms with Crippen molar-refractivity contribution in [1.29, 1.82) is 0 Å². The predicted octanol–water partition coefficient (Wildman–Crippen LogP) is 0.0300. The molecule has 0 bridgehead atoms. The first-order valence-corrected chi connectivity index (χ1v) is 10.7. The zero-order valence-electron chi connectivity index (χ0n) is 16.1. The van der Waals surface area contributed by atoms with Crippen molar-refractivity contribution in [3.8, 4) is 6.01 Å². The van der Waals surface area contributed by atoms with E-state index in [1.807, 2.05) is 6.07 Å². The van der Waals surface area contributed by atoms with Crippen molar-refractivity contribution in [2.24, 2.45) is 0 Å². The summed E-state index contributed by atoms with van der Waals surface area (Å²) in [7, 11) is -2.60. The fraction of sp³-hybridized carbons (Fsp3) is 0.353. The molecule has 0 radical (unpaired) electrons. The van der Waals surface area contributed by atoms with Gasteiger partial charge in [-0.05, 0) is 5.56 Å². The number of nitrogens with one attached hydrogen (secondary N) is 1. The highest BCUT2D eigenvalue weighted by Crippen LogP contribution is 2.44. The molecule has 3 aromatic rings. The molecule has 0 aliphatic rings. The van der Waals surface area contributed by atoms with Crippen LogP contribution in [-0.2, 0) is 9.47 Å². The summed E-state index contributed by atoms with van der Waals surface area (Å²) in [6, 6.07) is 8.20. The third kappa shape index (κ3) is 5.30. The van der Waals surface area contributed by atoms with Crippen LogP contribution in [0.3, 0.4) is 0 Å². The van der Waals surface area contributed by atoms with Gasteiger partial charge >= 0.3 is 19.6 Å². The first-order chi connectivity index (χ1) is 14.3. The molecule has 0 saturated carbocycles. The summed E-state index contributed by atoms with van der Waals surface area (Å²) in [4.78, 5) is 51.3. The number of aromatic nitrogens is 4. The molecule has 3 rings (SSSR count). The van der Waals surface area contributed by atoms with E-state index in [0.717, 1.165) is 0 Å². The zero-order chi connectivity index (χ0) is 21.7. The Bertz CT molecular complexity index is 1030. The van der Waals surface area contributed by atoms with Gasteiger partial charge < -0.3 is 24.9 Å². The zero-order valence-corrected chi connectivity index (χ0v) is 17.0. The first-order valence-electron chi connectivity index (χ1n) is 8.88. The molecule has 0 fully saturated rings. The van der Waals surface area contributed by atoms with Gasteiger partial charge in [-0.3, -0.25) is 4.57 Å². The average Bonchev–Trinajstić information content (AvgIpc) is 3.02. The van der Waals surface area contributed by atoms with Crippen molar-refractivity contribution in [1.82, 2.24) is 19.5 Å². The van der Waals surface area contributed by atoms with E-state index in [4.69, 9.17) is 19.9 Å². The number of H-pyrrole nitrogens is 1. The lowest BCUT2D eigenvalue weighted by atomic mass is 10.1. The van der Waals surface area contributed by atoms with Crippen LogP contribution < -0.4 is 16.2 Å². The third-order valence-corrected chi connectivity index (χ3v) is 4.66. The monoisotopic (exact) mass is 440 g/mol. The Labute approximate surface area is 171 Å². The normalized spacial score (nSPS) is 12.9. The highest BCUT2D eigenvalue weighted by atomic mass is 31.2. The minimum absolute atomic E-state index is 0.0245. The predicted molar refractivity (Wildman–Crippen MR) is 109 cm³/mol. The van der Waals surface area contributed by atoms with Gasteiger partial charge in [-0.2, -0.15) is 24.6 Å². The van der Waals surface area contributed by atoms with Crippen molar-refractivity contribution in [2.75, 3.05) is 39.0 Å². The van der Waals surface area contributed by atoms with Gasteiger partial charge in [-0.1, -0.05) is 30.3 Å². The van der Waals surface area contributed by atoms with Crippen LogP contribution in [0.25, 0.3) is 11.2 Å². The number of nitrogens with zero attached hydrogens (tertiary/aromatic N) is 3. The van der Waals surface area contributed by atoms with Crippen LogP contribution in [0.1, 0.15) is 11.6 Å². The van der Waals surface area contributed by atoms with Gasteiger partial charge in [0.15, 0.2) is 11.5 Å². The number of nitrogens with two attached hydrogens (primary N) is 1. The molecule has 0 spiro atoms. The Balaban J connectivity index is 2.04. The molecule has 162 valence electrons. The maximum atomic E-state index is 12.8. The maximum absolute atomic E-state index is 12.8. The summed E-state index contributed by atoms with van der Waals surface area (Å²) in [5, 5.41) is 0. The maximum Gasteiger partial charge on any atom is 0.431 e. The topological polar surface area (TPSA) is 178 Å². The minimum atomic E-state index is -4.13. The molecule has 6 N–H and O–H groups in total. The number of nitrogen functional groups attached to an aromatic ring is 1. The van der Waals surface area contributed by atoms with Gasteiger partial charge in [0, 0.05) is 7.11 Å². The molecule has 2 heterocycles.